The molecular weight excluding hydrogens is 294 g/mol. The van der Waals surface area contributed by atoms with Gasteiger partial charge in [-0.2, -0.15) is 0 Å². The van der Waals surface area contributed by atoms with Crippen molar-refractivity contribution in [1.29, 1.82) is 0 Å². The van der Waals surface area contributed by atoms with Crippen molar-refractivity contribution in [2.45, 2.75) is 38.3 Å². The van der Waals surface area contributed by atoms with Gasteiger partial charge in [0.1, 0.15) is 22.7 Å². The van der Waals surface area contributed by atoms with Gasteiger partial charge in [-0.25, -0.2) is 13.1 Å². The van der Waals surface area contributed by atoms with Crippen LogP contribution in [-0.2, 0) is 23.1 Å². The monoisotopic (exact) mass is 313 g/mol. The van der Waals surface area contributed by atoms with Gasteiger partial charge in [0.2, 0.25) is 10.0 Å². The molecule has 2 heterocycles. The molecule has 0 fully saturated rings. The summed E-state index contributed by atoms with van der Waals surface area (Å²) in [6.07, 6.45) is 2.40. The Hall–Kier alpha value is -1.64. The highest BCUT2D eigenvalue weighted by molar-refractivity contribution is 7.89. The molecule has 21 heavy (non-hydrogen) atoms. The lowest BCUT2D eigenvalue weighted by atomic mass is 10.4. The predicted molar refractivity (Wildman–Crippen MR) is 76.0 cm³/mol. The summed E-state index contributed by atoms with van der Waals surface area (Å²) in [5, 5.41) is 6.82. The first-order valence-electron chi connectivity index (χ1n) is 6.72. The highest BCUT2D eigenvalue weighted by Crippen LogP contribution is 2.20. The molecule has 2 N–H and O–H groups in total. The van der Waals surface area contributed by atoms with E-state index in [-0.39, 0.29) is 11.4 Å². The molecular formula is C13H19N3O4S. The summed E-state index contributed by atoms with van der Waals surface area (Å²) in [4.78, 5) is 0.152. The maximum atomic E-state index is 12.2. The fourth-order valence-corrected chi connectivity index (χ4v) is 3.04. The van der Waals surface area contributed by atoms with E-state index in [0.717, 1.165) is 13.0 Å². The zero-order valence-corrected chi connectivity index (χ0v) is 12.9. The van der Waals surface area contributed by atoms with E-state index in [9.17, 15) is 8.42 Å². The van der Waals surface area contributed by atoms with Crippen LogP contribution in [0.15, 0.2) is 32.2 Å². The number of sulfonamides is 1. The molecule has 0 spiro atoms. The van der Waals surface area contributed by atoms with E-state index in [2.05, 4.69) is 26.6 Å². The zero-order valence-electron chi connectivity index (χ0n) is 12.0. The Bertz CT molecular complexity index is 662. The second kappa shape index (κ2) is 6.88. The fourth-order valence-electron chi connectivity index (χ4n) is 1.84. The van der Waals surface area contributed by atoms with Crippen LogP contribution in [-0.4, -0.2) is 20.1 Å². The highest BCUT2D eigenvalue weighted by Gasteiger charge is 2.21. The summed E-state index contributed by atoms with van der Waals surface area (Å²) >= 11 is 0. The minimum absolute atomic E-state index is 0.0763. The summed E-state index contributed by atoms with van der Waals surface area (Å²) in [7, 11) is -3.63. The quantitative estimate of drug-likeness (QED) is 0.718. The summed E-state index contributed by atoms with van der Waals surface area (Å²) in [6, 6.07) is 3.15. The van der Waals surface area contributed by atoms with Crippen molar-refractivity contribution < 1.29 is 17.4 Å². The standard InChI is InChI=1S/C13H19N3O4S/c1-3-5-14-9-12-7-13(10(2)20-12)21(17,18)15-8-11-4-6-19-16-11/h4,6-7,14-15H,3,5,8-9H2,1-2H3. The highest BCUT2D eigenvalue weighted by atomic mass is 32.2. The van der Waals surface area contributed by atoms with E-state index < -0.39 is 10.0 Å². The molecule has 7 nitrogen and oxygen atoms in total. The third-order valence-electron chi connectivity index (χ3n) is 2.87. The molecule has 0 aliphatic rings. The molecule has 0 amide bonds. The molecule has 0 radical (unpaired) electrons. The largest absolute Gasteiger partial charge is 0.464 e. The second-order valence-electron chi connectivity index (χ2n) is 4.63. The van der Waals surface area contributed by atoms with Gasteiger partial charge in [-0.15, -0.1) is 0 Å². The van der Waals surface area contributed by atoms with E-state index in [4.69, 9.17) is 4.42 Å². The van der Waals surface area contributed by atoms with Gasteiger partial charge in [-0.3, -0.25) is 0 Å². The van der Waals surface area contributed by atoms with Crippen LogP contribution >= 0.6 is 0 Å². The van der Waals surface area contributed by atoms with Crippen LogP contribution in [0.2, 0.25) is 0 Å². The molecule has 2 aromatic heterocycles. The van der Waals surface area contributed by atoms with Crippen molar-refractivity contribution in [1.82, 2.24) is 15.2 Å². The smallest absolute Gasteiger partial charge is 0.244 e. The number of rotatable bonds is 8. The summed E-state index contributed by atoms with van der Waals surface area (Å²) < 4.78 is 37.1. The second-order valence-corrected chi connectivity index (χ2v) is 6.36. The van der Waals surface area contributed by atoms with E-state index in [1.807, 2.05) is 0 Å². The average Bonchev–Trinajstić information content (AvgIpc) is 3.07. The normalized spacial score (nSPS) is 11.9. The minimum Gasteiger partial charge on any atom is -0.464 e. The van der Waals surface area contributed by atoms with Crippen molar-refractivity contribution in [2.75, 3.05) is 6.54 Å². The van der Waals surface area contributed by atoms with Crippen LogP contribution in [0.25, 0.3) is 0 Å². The van der Waals surface area contributed by atoms with Gasteiger partial charge >= 0.3 is 0 Å². The first-order chi connectivity index (χ1) is 10.0. The molecule has 0 aliphatic carbocycles. The summed E-state index contributed by atoms with van der Waals surface area (Å²) in [6.45, 7) is 5.13. The number of aromatic nitrogens is 1. The van der Waals surface area contributed by atoms with Crippen LogP contribution in [0.3, 0.4) is 0 Å². The van der Waals surface area contributed by atoms with Gasteiger partial charge in [-0.05, 0) is 19.9 Å². The number of furan rings is 1. The number of nitrogens with one attached hydrogen (secondary N) is 2. The van der Waals surface area contributed by atoms with Crippen LogP contribution < -0.4 is 10.0 Å². The Balaban J connectivity index is 2.05. The molecule has 2 aromatic rings. The van der Waals surface area contributed by atoms with Crippen LogP contribution in [0.5, 0.6) is 0 Å². The summed E-state index contributed by atoms with van der Waals surface area (Å²) in [5.74, 6) is 0.971. The van der Waals surface area contributed by atoms with Gasteiger partial charge in [0.05, 0.1) is 18.8 Å². The van der Waals surface area contributed by atoms with Gasteiger partial charge in [-0.1, -0.05) is 12.1 Å². The number of nitrogens with zero attached hydrogens (tertiary/aromatic N) is 1. The average molecular weight is 313 g/mol. The Morgan fingerprint density at radius 1 is 1.33 bits per heavy atom. The lowest BCUT2D eigenvalue weighted by Crippen LogP contribution is -2.23. The van der Waals surface area contributed by atoms with E-state index in [1.165, 1.54) is 6.26 Å². The van der Waals surface area contributed by atoms with E-state index in [1.54, 1.807) is 19.1 Å². The fraction of sp³-hybridized carbons (Fsp3) is 0.462. The minimum atomic E-state index is -3.63. The molecule has 0 aliphatic heterocycles. The van der Waals surface area contributed by atoms with Gasteiger partial charge in [0.15, 0.2) is 0 Å². The first-order valence-corrected chi connectivity index (χ1v) is 8.20. The van der Waals surface area contributed by atoms with Gasteiger partial charge in [0.25, 0.3) is 0 Å². The predicted octanol–water partition coefficient (Wildman–Crippen LogP) is 1.55. The maximum Gasteiger partial charge on any atom is 0.244 e. The Kier molecular flexibility index (Phi) is 5.16. The Morgan fingerprint density at radius 2 is 2.14 bits per heavy atom. The number of hydrogen-bond acceptors (Lipinski definition) is 6. The van der Waals surface area contributed by atoms with Gasteiger partial charge in [0, 0.05) is 12.1 Å². The zero-order chi connectivity index (χ0) is 15.3. The van der Waals surface area contributed by atoms with Crippen molar-refractivity contribution in [3.05, 3.63) is 35.6 Å². The molecule has 0 saturated carbocycles. The lowest BCUT2D eigenvalue weighted by molar-refractivity contribution is 0.411. The number of aryl methyl sites for hydroxylation is 1. The molecule has 0 unspecified atom stereocenters. The van der Waals surface area contributed by atoms with Crippen LogP contribution in [0, 0.1) is 6.92 Å². The van der Waals surface area contributed by atoms with Crippen molar-refractivity contribution in [3.63, 3.8) is 0 Å². The van der Waals surface area contributed by atoms with Crippen LogP contribution in [0.1, 0.15) is 30.6 Å². The molecule has 8 heteroatoms. The maximum absolute atomic E-state index is 12.2. The Labute approximate surface area is 123 Å². The van der Waals surface area contributed by atoms with Crippen molar-refractivity contribution in [2.24, 2.45) is 0 Å². The molecule has 0 atom stereocenters. The third-order valence-corrected chi connectivity index (χ3v) is 4.38. The number of hydrogen-bond donors (Lipinski definition) is 2. The van der Waals surface area contributed by atoms with Crippen LogP contribution in [0.4, 0.5) is 0 Å². The van der Waals surface area contributed by atoms with E-state index >= 15 is 0 Å². The van der Waals surface area contributed by atoms with Crippen molar-refractivity contribution in [3.8, 4) is 0 Å². The molecule has 116 valence electrons. The summed E-state index contributed by atoms with van der Waals surface area (Å²) in [5.41, 5.74) is 0.518. The SMILES string of the molecule is CCCNCc1cc(S(=O)(=O)NCc2ccon2)c(C)o1. The molecule has 0 aromatic carbocycles. The lowest BCUT2D eigenvalue weighted by Gasteiger charge is -2.02. The van der Waals surface area contributed by atoms with E-state index in [0.29, 0.717) is 23.8 Å². The van der Waals surface area contributed by atoms with Gasteiger partial charge < -0.3 is 14.3 Å². The molecule has 0 saturated heterocycles. The topological polar surface area (TPSA) is 97.4 Å². The first kappa shape index (κ1) is 15.7. The Morgan fingerprint density at radius 3 is 2.81 bits per heavy atom. The molecule has 0 bridgehead atoms. The van der Waals surface area contributed by atoms with Crippen molar-refractivity contribution >= 4 is 10.0 Å². The third kappa shape index (κ3) is 4.16. The molecule has 2 rings (SSSR count).